The molecular weight excluding hydrogens is 258 g/mol. The SMILES string of the molecule is COc1cc(Cl)cc(C(=O)O)c1OCC(F)F. The maximum absolute atomic E-state index is 12.0. The smallest absolute Gasteiger partial charge is 0.339 e. The average molecular weight is 267 g/mol. The third kappa shape index (κ3) is 3.45. The van der Waals surface area contributed by atoms with Crippen molar-refractivity contribution in [1.82, 2.24) is 0 Å². The van der Waals surface area contributed by atoms with Crippen LogP contribution in [0.5, 0.6) is 11.5 Å². The van der Waals surface area contributed by atoms with E-state index in [0.29, 0.717) is 0 Å². The summed E-state index contributed by atoms with van der Waals surface area (Å²) in [5.41, 5.74) is -0.324. The lowest BCUT2D eigenvalue weighted by molar-refractivity contribution is 0.0659. The van der Waals surface area contributed by atoms with Gasteiger partial charge in [-0.25, -0.2) is 13.6 Å². The zero-order valence-electron chi connectivity index (χ0n) is 8.75. The number of rotatable bonds is 5. The second-order valence-corrected chi connectivity index (χ2v) is 3.43. The van der Waals surface area contributed by atoms with Crippen LogP contribution in [0, 0.1) is 0 Å². The summed E-state index contributed by atoms with van der Waals surface area (Å²) >= 11 is 5.66. The van der Waals surface area contributed by atoms with Gasteiger partial charge in [0.05, 0.1) is 7.11 Å². The van der Waals surface area contributed by atoms with Crippen LogP contribution in [-0.4, -0.2) is 31.2 Å². The number of alkyl halides is 2. The molecule has 0 fully saturated rings. The molecule has 1 N–H and O–H groups in total. The van der Waals surface area contributed by atoms with Gasteiger partial charge in [-0.2, -0.15) is 0 Å². The lowest BCUT2D eigenvalue weighted by Gasteiger charge is -2.13. The van der Waals surface area contributed by atoms with Crippen LogP contribution >= 0.6 is 11.6 Å². The number of carboxylic acid groups (broad SMARTS) is 1. The van der Waals surface area contributed by atoms with Crippen molar-refractivity contribution in [2.75, 3.05) is 13.7 Å². The molecular formula is C10H9ClF2O4. The molecule has 1 rings (SSSR count). The van der Waals surface area contributed by atoms with Crippen molar-refractivity contribution in [1.29, 1.82) is 0 Å². The van der Waals surface area contributed by atoms with Crippen molar-refractivity contribution < 1.29 is 28.2 Å². The monoisotopic (exact) mass is 266 g/mol. The first-order chi connectivity index (χ1) is 7.95. The molecule has 4 nitrogen and oxygen atoms in total. The fourth-order valence-electron chi connectivity index (χ4n) is 1.17. The van der Waals surface area contributed by atoms with E-state index in [1.807, 2.05) is 0 Å². The number of halogens is 3. The van der Waals surface area contributed by atoms with Crippen molar-refractivity contribution in [2.45, 2.75) is 6.43 Å². The summed E-state index contributed by atoms with van der Waals surface area (Å²) in [4.78, 5) is 10.9. The molecule has 0 spiro atoms. The molecule has 1 aromatic carbocycles. The van der Waals surface area contributed by atoms with Crippen LogP contribution in [-0.2, 0) is 0 Å². The quantitative estimate of drug-likeness (QED) is 0.890. The Morgan fingerprint density at radius 2 is 2.18 bits per heavy atom. The van der Waals surface area contributed by atoms with Crippen molar-refractivity contribution >= 4 is 17.6 Å². The van der Waals surface area contributed by atoms with E-state index in [0.717, 1.165) is 6.07 Å². The van der Waals surface area contributed by atoms with Crippen LogP contribution in [0.3, 0.4) is 0 Å². The van der Waals surface area contributed by atoms with E-state index < -0.39 is 19.0 Å². The predicted molar refractivity (Wildman–Crippen MR) is 56.5 cm³/mol. The number of methoxy groups -OCH3 is 1. The molecule has 0 aliphatic rings. The Hall–Kier alpha value is -1.56. The van der Waals surface area contributed by atoms with Gasteiger partial charge in [0.2, 0.25) is 0 Å². The predicted octanol–water partition coefficient (Wildman–Crippen LogP) is 2.69. The van der Waals surface area contributed by atoms with Crippen molar-refractivity contribution in [3.63, 3.8) is 0 Å². The molecule has 0 unspecified atom stereocenters. The summed E-state index contributed by atoms with van der Waals surface area (Å²) in [5.74, 6) is -1.60. The number of carboxylic acids is 1. The summed E-state index contributed by atoms with van der Waals surface area (Å²) in [6.07, 6.45) is -2.71. The summed E-state index contributed by atoms with van der Waals surface area (Å²) in [5, 5.41) is 9.01. The van der Waals surface area contributed by atoms with Gasteiger partial charge in [0.25, 0.3) is 6.43 Å². The number of ether oxygens (including phenoxy) is 2. The number of carbonyl (C=O) groups is 1. The normalized spacial score (nSPS) is 10.4. The lowest BCUT2D eigenvalue weighted by atomic mass is 10.2. The minimum Gasteiger partial charge on any atom is -0.493 e. The molecule has 0 bridgehead atoms. The first-order valence-electron chi connectivity index (χ1n) is 4.47. The fraction of sp³-hybridized carbons (Fsp3) is 0.300. The maximum Gasteiger partial charge on any atom is 0.339 e. The van der Waals surface area contributed by atoms with Crippen LogP contribution < -0.4 is 9.47 Å². The van der Waals surface area contributed by atoms with Gasteiger partial charge in [-0.15, -0.1) is 0 Å². The summed E-state index contributed by atoms with van der Waals surface area (Å²) in [7, 11) is 1.26. The molecule has 94 valence electrons. The summed E-state index contributed by atoms with van der Waals surface area (Å²) < 4.78 is 33.6. The number of aromatic carboxylic acids is 1. The van der Waals surface area contributed by atoms with E-state index in [1.54, 1.807) is 0 Å². The van der Waals surface area contributed by atoms with Crippen LogP contribution in [0.1, 0.15) is 10.4 Å². The molecule has 0 saturated heterocycles. The number of benzene rings is 1. The summed E-state index contributed by atoms with van der Waals surface area (Å²) in [6.45, 7) is -0.918. The highest BCUT2D eigenvalue weighted by Gasteiger charge is 2.19. The first kappa shape index (κ1) is 13.5. The molecule has 0 amide bonds. The van der Waals surface area contributed by atoms with Crippen molar-refractivity contribution in [3.05, 3.63) is 22.7 Å². The van der Waals surface area contributed by atoms with E-state index in [4.69, 9.17) is 26.2 Å². The molecule has 0 saturated carbocycles. The topological polar surface area (TPSA) is 55.8 Å². The molecule has 17 heavy (non-hydrogen) atoms. The van der Waals surface area contributed by atoms with Gasteiger partial charge < -0.3 is 14.6 Å². The van der Waals surface area contributed by atoms with Gasteiger partial charge in [0, 0.05) is 11.1 Å². The van der Waals surface area contributed by atoms with Gasteiger partial charge in [-0.1, -0.05) is 11.6 Å². The maximum atomic E-state index is 12.0. The molecule has 0 aliphatic carbocycles. The largest absolute Gasteiger partial charge is 0.493 e. The molecule has 7 heteroatoms. The van der Waals surface area contributed by atoms with E-state index in [9.17, 15) is 13.6 Å². The van der Waals surface area contributed by atoms with E-state index >= 15 is 0 Å². The Bertz CT molecular complexity index is 423. The van der Waals surface area contributed by atoms with Crippen LogP contribution in [0.25, 0.3) is 0 Å². The first-order valence-corrected chi connectivity index (χ1v) is 4.85. The third-order valence-electron chi connectivity index (χ3n) is 1.82. The van der Waals surface area contributed by atoms with Gasteiger partial charge in [-0.05, 0) is 6.07 Å². The van der Waals surface area contributed by atoms with E-state index in [2.05, 4.69) is 0 Å². The van der Waals surface area contributed by atoms with Crippen LogP contribution in [0.2, 0.25) is 5.02 Å². The van der Waals surface area contributed by atoms with Gasteiger partial charge >= 0.3 is 5.97 Å². The highest BCUT2D eigenvalue weighted by molar-refractivity contribution is 6.31. The molecule has 0 heterocycles. The van der Waals surface area contributed by atoms with Crippen molar-refractivity contribution in [3.8, 4) is 11.5 Å². The standard InChI is InChI=1S/C10H9ClF2O4/c1-16-7-3-5(11)2-6(10(14)15)9(7)17-4-8(12)13/h2-3,8H,4H2,1H3,(H,14,15). The van der Waals surface area contributed by atoms with Gasteiger partial charge in [-0.3, -0.25) is 0 Å². The Kier molecular flexibility index (Phi) is 4.51. The highest BCUT2D eigenvalue weighted by atomic mass is 35.5. The van der Waals surface area contributed by atoms with Crippen LogP contribution in [0.15, 0.2) is 12.1 Å². The van der Waals surface area contributed by atoms with Gasteiger partial charge in [0.15, 0.2) is 11.5 Å². The molecule has 0 radical (unpaired) electrons. The fourth-order valence-corrected chi connectivity index (χ4v) is 1.38. The third-order valence-corrected chi connectivity index (χ3v) is 2.04. The summed E-state index contributed by atoms with van der Waals surface area (Å²) in [6, 6.07) is 2.39. The Morgan fingerprint density at radius 1 is 1.53 bits per heavy atom. The Labute approximate surface area is 101 Å². The lowest BCUT2D eigenvalue weighted by Crippen LogP contribution is -2.11. The van der Waals surface area contributed by atoms with E-state index in [1.165, 1.54) is 13.2 Å². The highest BCUT2D eigenvalue weighted by Crippen LogP contribution is 2.34. The molecule has 1 aromatic rings. The minimum absolute atomic E-state index is 0.00412. The van der Waals surface area contributed by atoms with Gasteiger partial charge in [0.1, 0.15) is 12.2 Å². The molecule has 0 aromatic heterocycles. The Balaban J connectivity index is 3.17. The average Bonchev–Trinajstić information content (AvgIpc) is 2.25. The number of hydrogen-bond acceptors (Lipinski definition) is 3. The zero-order chi connectivity index (χ0) is 13.0. The van der Waals surface area contributed by atoms with Crippen LogP contribution in [0.4, 0.5) is 8.78 Å². The minimum atomic E-state index is -2.71. The molecule has 0 aliphatic heterocycles. The number of hydrogen-bond donors (Lipinski definition) is 1. The van der Waals surface area contributed by atoms with Crippen molar-refractivity contribution in [2.24, 2.45) is 0 Å². The Morgan fingerprint density at radius 3 is 2.65 bits per heavy atom. The molecule has 0 atom stereocenters. The van der Waals surface area contributed by atoms with E-state index in [-0.39, 0.29) is 22.1 Å². The second-order valence-electron chi connectivity index (χ2n) is 2.99. The second kappa shape index (κ2) is 5.67. The zero-order valence-corrected chi connectivity index (χ0v) is 9.50.